The average molecular weight is 297 g/mol. The molecule has 0 saturated heterocycles. The standard InChI is InChI=1S/C16H27NO2S/c1-3-5-6-12-20(18,19)13-16(17)15-10-8-14(7-4-2)9-11-15/h8-11,16H,3-7,12-13,17H2,1-2H3. The molecule has 1 aromatic carbocycles. The van der Waals surface area contributed by atoms with Crippen molar-refractivity contribution in [2.75, 3.05) is 11.5 Å². The molecule has 0 aliphatic carbocycles. The highest BCUT2D eigenvalue weighted by Gasteiger charge is 2.17. The van der Waals surface area contributed by atoms with E-state index in [0.717, 1.165) is 37.7 Å². The van der Waals surface area contributed by atoms with Gasteiger partial charge in [-0.05, 0) is 24.0 Å². The van der Waals surface area contributed by atoms with Gasteiger partial charge in [0.15, 0.2) is 9.84 Å². The molecule has 1 atom stereocenters. The fourth-order valence-corrected chi connectivity index (χ4v) is 3.80. The minimum Gasteiger partial charge on any atom is -0.323 e. The van der Waals surface area contributed by atoms with Gasteiger partial charge in [-0.3, -0.25) is 0 Å². The van der Waals surface area contributed by atoms with Crippen LogP contribution in [0.3, 0.4) is 0 Å². The summed E-state index contributed by atoms with van der Waals surface area (Å²) in [4.78, 5) is 0. The summed E-state index contributed by atoms with van der Waals surface area (Å²) in [5, 5.41) is 0. The van der Waals surface area contributed by atoms with E-state index in [9.17, 15) is 8.42 Å². The molecule has 0 saturated carbocycles. The van der Waals surface area contributed by atoms with Crippen LogP contribution in [0.4, 0.5) is 0 Å². The normalized spacial score (nSPS) is 13.3. The van der Waals surface area contributed by atoms with E-state index in [-0.39, 0.29) is 11.5 Å². The van der Waals surface area contributed by atoms with Gasteiger partial charge in [0.2, 0.25) is 0 Å². The van der Waals surface area contributed by atoms with Gasteiger partial charge in [-0.15, -0.1) is 0 Å². The first-order chi connectivity index (χ1) is 9.48. The molecule has 114 valence electrons. The summed E-state index contributed by atoms with van der Waals surface area (Å²) in [6, 6.07) is 7.58. The lowest BCUT2D eigenvalue weighted by Crippen LogP contribution is -2.23. The molecule has 0 heterocycles. The van der Waals surface area contributed by atoms with Gasteiger partial charge in [0.25, 0.3) is 0 Å². The van der Waals surface area contributed by atoms with Crippen molar-refractivity contribution in [3.05, 3.63) is 35.4 Å². The van der Waals surface area contributed by atoms with Crippen molar-refractivity contribution < 1.29 is 8.42 Å². The second kappa shape index (κ2) is 8.42. The largest absolute Gasteiger partial charge is 0.323 e. The van der Waals surface area contributed by atoms with Crippen molar-refractivity contribution in [3.8, 4) is 0 Å². The molecule has 0 aliphatic rings. The molecule has 1 aromatic rings. The highest BCUT2D eigenvalue weighted by Crippen LogP contribution is 2.15. The molecule has 0 aliphatic heterocycles. The topological polar surface area (TPSA) is 60.2 Å². The van der Waals surface area contributed by atoms with Crippen molar-refractivity contribution in [1.82, 2.24) is 0 Å². The number of hydrogen-bond donors (Lipinski definition) is 1. The molecule has 4 heteroatoms. The number of nitrogens with two attached hydrogens (primary N) is 1. The summed E-state index contributed by atoms with van der Waals surface area (Å²) in [5.41, 5.74) is 8.21. The van der Waals surface area contributed by atoms with Crippen LogP contribution in [0, 0.1) is 0 Å². The van der Waals surface area contributed by atoms with Crippen LogP contribution < -0.4 is 5.73 Å². The molecular formula is C16H27NO2S. The molecule has 1 rings (SSSR count). The molecule has 0 spiro atoms. The zero-order valence-corrected chi connectivity index (χ0v) is 13.5. The highest BCUT2D eigenvalue weighted by molar-refractivity contribution is 7.91. The molecule has 3 nitrogen and oxygen atoms in total. The van der Waals surface area contributed by atoms with Gasteiger partial charge in [-0.25, -0.2) is 8.42 Å². The Morgan fingerprint density at radius 2 is 1.70 bits per heavy atom. The molecule has 20 heavy (non-hydrogen) atoms. The Kier molecular flexibility index (Phi) is 7.24. The maximum absolute atomic E-state index is 12.0. The maximum atomic E-state index is 12.0. The second-order valence-electron chi connectivity index (χ2n) is 5.42. The summed E-state index contributed by atoms with van der Waals surface area (Å²) in [6.45, 7) is 4.21. The van der Waals surface area contributed by atoms with Crippen LogP contribution >= 0.6 is 0 Å². The van der Waals surface area contributed by atoms with Crippen LogP contribution in [0.1, 0.15) is 56.7 Å². The number of sulfone groups is 1. The van der Waals surface area contributed by atoms with E-state index in [2.05, 4.69) is 13.8 Å². The molecule has 0 amide bonds. The van der Waals surface area contributed by atoms with E-state index in [1.165, 1.54) is 5.56 Å². The zero-order valence-electron chi connectivity index (χ0n) is 12.6. The van der Waals surface area contributed by atoms with E-state index in [1.807, 2.05) is 24.3 Å². The van der Waals surface area contributed by atoms with E-state index in [1.54, 1.807) is 0 Å². The Bertz CT molecular complexity index is 480. The highest BCUT2D eigenvalue weighted by atomic mass is 32.2. The second-order valence-corrected chi connectivity index (χ2v) is 7.65. The van der Waals surface area contributed by atoms with Crippen molar-refractivity contribution in [1.29, 1.82) is 0 Å². The number of rotatable bonds is 9. The number of hydrogen-bond acceptors (Lipinski definition) is 3. The maximum Gasteiger partial charge on any atom is 0.152 e. The SMILES string of the molecule is CCCCCS(=O)(=O)CC(N)c1ccc(CCC)cc1. The predicted molar refractivity (Wildman–Crippen MR) is 85.5 cm³/mol. The lowest BCUT2D eigenvalue weighted by molar-refractivity contribution is 0.584. The lowest BCUT2D eigenvalue weighted by Gasteiger charge is -2.13. The summed E-state index contributed by atoms with van der Waals surface area (Å²) in [7, 11) is -3.05. The first-order valence-corrected chi connectivity index (χ1v) is 9.35. The van der Waals surface area contributed by atoms with Crippen molar-refractivity contribution in [3.63, 3.8) is 0 Å². The van der Waals surface area contributed by atoms with Gasteiger partial charge in [0.1, 0.15) is 0 Å². The van der Waals surface area contributed by atoms with Gasteiger partial charge in [0.05, 0.1) is 11.5 Å². The van der Waals surface area contributed by atoms with Gasteiger partial charge in [0, 0.05) is 6.04 Å². The predicted octanol–water partition coefficient (Wildman–Crippen LogP) is 3.24. The van der Waals surface area contributed by atoms with E-state index in [4.69, 9.17) is 5.73 Å². The van der Waals surface area contributed by atoms with Crippen molar-refractivity contribution in [2.45, 2.75) is 52.0 Å². The van der Waals surface area contributed by atoms with Crippen LogP contribution in [0.15, 0.2) is 24.3 Å². The molecule has 0 bridgehead atoms. The van der Waals surface area contributed by atoms with Gasteiger partial charge in [-0.1, -0.05) is 57.4 Å². The third-order valence-electron chi connectivity index (χ3n) is 3.44. The third kappa shape index (κ3) is 6.06. The monoisotopic (exact) mass is 297 g/mol. The zero-order chi connectivity index (χ0) is 15.0. The summed E-state index contributed by atoms with van der Waals surface area (Å²) < 4.78 is 24.0. The first kappa shape index (κ1) is 17.2. The van der Waals surface area contributed by atoms with Crippen LogP contribution in [0.5, 0.6) is 0 Å². The van der Waals surface area contributed by atoms with E-state index in [0.29, 0.717) is 0 Å². The quantitative estimate of drug-likeness (QED) is 0.712. The molecule has 0 radical (unpaired) electrons. The molecule has 0 aromatic heterocycles. The number of unbranched alkanes of at least 4 members (excludes halogenated alkanes) is 2. The Morgan fingerprint density at radius 1 is 1.05 bits per heavy atom. The summed E-state index contributed by atoms with van der Waals surface area (Å²) >= 11 is 0. The minimum absolute atomic E-state index is 0.0455. The van der Waals surface area contributed by atoms with E-state index < -0.39 is 15.9 Å². The van der Waals surface area contributed by atoms with Gasteiger partial charge < -0.3 is 5.73 Å². The van der Waals surface area contributed by atoms with Gasteiger partial charge in [-0.2, -0.15) is 0 Å². The van der Waals surface area contributed by atoms with Crippen LogP contribution in [-0.4, -0.2) is 19.9 Å². The molecule has 0 fully saturated rings. The smallest absolute Gasteiger partial charge is 0.152 e. The summed E-state index contributed by atoms with van der Waals surface area (Å²) in [5.74, 6) is 0.298. The van der Waals surface area contributed by atoms with Crippen molar-refractivity contribution in [2.24, 2.45) is 5.73 Å². The van der Waals surface area contributed by atoms with Crippen LogP contribution in [0.25, 0.3) is 0 Å². The lowest BCUT2D eigenvalue weighted by atomic mass is 10.0. The average Bonchev–Trinajstić information content (AvgIpc) is 2.39. The summed E-state index contributed by atoms with van der Waals surface area (Å²) in [6.07, 6.45) is 4.88. The first-order valence-electron chi connectivity index (χ1n) is 7.53. The Labute approximate surface area is 123 Å². The third-order valence-corrected chi connectivity index (χ3v) is 5.22. The van der Waals surface area contributed by atoms with Crippen molar-refractivity contribution >= 4 is 9.84 Å². The Hall–Kier alpha value is -0.870. The molecular weight excluding hydrogens is 270 g/mol. The fraction of sp³-hybridized carbons (Fsp3) is 0.625. The van der Waals surface area contributed by atoms with E-state index >= 15 is 0 Å². The fourth-order valence-electron chi connectivity index (χ4n) is 2.25. The Balaban J connectivity index is 2.58. The molecule has 1 unspecified atom stereocenters. The number of aryl methyl sites for hydroxylation is 1. The minimum atomic E-state index is -3.05. The van der Waals surface area contributed by atoms with Gasteiger partial charge >= 0.3 is 0 Å². The Morgan fingerprint density at radius 3 is 2.25 bits per heavy atom. The molecule has 2 N–H and O–H groups in total. The number of benzene rings is 1. The van der Waals surface area contributed by atoms with Crippen LogP contribution in [0.2, 0.25) is 0 Å². The van der Waals surface area contributed by atoms with Crippen LogP contribution in [-0.2, 0) is 16.3 Å².